The number of hydrogen-bond acceptors (Lipinski definition) is 3. The summed E-state index contributed by atoms with van der Waals surface area (Å²) in [6, 6.07) is 10.5. The lowest BCUT2D eigenvalue weighted by atomic mass is 9.88. The number of benzene rings is 1. The highest BCUT2D eigenvalue weighted by Crippen LogP contribution is 2.25. The second kappa shape index (κ2) is 7.77. The maximum Gasteiger partial charge on any atom is 0.253 e. The molecule has 0 saturated carbocycles. The molecule has 0 aliphatic carbocycles. The van der Waals surface area contributed by atoms with Crippen LogP contribution in [0.3, 0.4) is 0 Å². The minimum atomic E-state index is -0.313. The number of aliphatic hydroxyl groups is 1. The monoisotopic (exact) mass is 346 g/mol. The number of halogens is 1. The van der Waals surface area contributed by atoms with Gasteiger partial charge in [0.15, 0.2) is 0 Å². The Morgan fingerprint density at radius 1 is 1.29 bits per heavy atom. The fourth-order valence-corrected chi connectivity index (χ4v) is 2.76. The molecule has 128 valence electrons. The number of hydrogen-bond donors (Lipinski definition) is 2. The van der Waals surface area contributed by atoms with Gasteiger partial charge < -0.3 is 10.4 Å². The lowest BCUT2D eigenvalue weighted by Crippen LogP contribution is -2.40. The second-order valence-electron chi connectivity index (χ2n) is 7.03. The molecule has 2 N–H and O–H groups in total. The van der Waals surface area contributed by atoms with Crippen molar-refractivity contribution in [2.75, 3.05) is 6.61 Å². The van der Waals surface area contributed by atoms with Crippen molar-refractivity contribution in [2.24, 2.45) is 5.41 Å². The number of aromatic nitrogens is 1. The van der Waals surface area contributed by atoms with Crippen LogP contribution in [0.4, 0.5) is 0 Å². The summed E-state index contributed by atoms with van der Waals surface area (Å²) in [5.74, 6) is -0.291. The number of pyridine rings is 1. The standard InChI is InChI=1S/C19H23ClN2O2/c1-19(2,3)11-14(12-23)22-18(24)15-10-13(7-8-16(15)20)17-6-4-5-9-21-17/h4-10,14,23H,11-12H2,1-3H3,(H,22,24). The van der Waals surface area contributed by atoms with E-state index in [0.717, 1.165) is 11.3 Å². The van der Waals surface area contributed by atoms with Crippen LogP contribution in [-0.2, 0) is 0 Å². The van der Waals surface area contributed by atoms with Crippen molar-refractivity contribution in [2.45, 2.75) is 33.2 Å². The van der Waals surface area contributed by atoms with Gasteiger partial charge in [-0.25, -0.2) is 0 Å². The highest BCUT2D eigenvalue weighted by molar-refractivity contribution is 6.34. The average Bonchev–Trinajstić information content (AvgIpc) is 2.54. The SMILES string of the molecule is CC(C)(C)CC(CO)NC(=O)c1cc(-c2ccccn2)ccc1Cl. The van der Waals surface area contributed by atoms with E-state index < -0.39 is 0 Å². The van der Waals surface area contributed by atoms with Crippen molar-refractivity contribution in [3.8, 4) is 11.3 Å². The molecule has 1 aromatic heterocycles. The van der Waals surface area contributed by atoms with Crippen LogP contribution in [0.25, 0.3) is 11.3 Å². The van der Waals surface area contributed by atoms with Gasteiger partial charge in [-0.05, 0) is 36.1 Å². The molecule has 1 heterocycles. The summed E-state index contributed by atoms with van der Waals surface area (Å²) in [6.07, 6.45) is 2.38. The van der Waals surface area contributed by atoms with Crippen molar-refractivity contribution in [3.63, 3.8) is 0 Å². The van der Waals surface area contributed by atoms with Gasteiger partial charge in [0.05, 0.1) is 28.9 Å². The first-order valence-electron chi connectivity index (χ1n) is 7.93. The van der Waals surface area contributed by atoms with Gasteiger partial charge in [-0.3, -0.25) is 9.78 Å². The maximum absolute atomic E-state index is 12.6. The Balaban J connectivity index is 2.22. The maximum atomic E-state index is 12.6. The summed E-state index contributed by atoms with van der Waals surface area (Å²) in [7, 11) is 0. The van der Waals surface area contributed by atoms with Crippen LogP contribution in [0.1, 0.15) is 37.6 Å². The van der Waals surface area contributed by atoms with Crippen LogP contribution >= 0.6 is 11.6 Å². The summed E-state index contributed by atoms with van der Waals surface area (Å²) in [5.41, 5.74) is 1.98. The molecule has 2 aromatic rings. The number of nitrogens with one attached hydrogen (secondary N) is 1. The highest BCUT2D eigenvalue weighted by Gasteiger charge is 2.21. The second-order valence-corrected chi connectivity index (χ2v) is 7.43. The number of amides is 1. The molecule has 0 saturated heterocycles. The smallest absolute Gasteiger partial charge is 0.253 e. The molecule has 1 atom stereocenters. The fourth-order valence-electron chi connectivity index (χ4n) is 2.56. The zero-order chi connectivity index (χ0) is 17.7. The summed E-state index contributed by atoms with van der Waals surface area (Å²) in [4.78, 5) is 16.9. The molecule has 0 aliphatic heterocycles. The predicted octanol–water partition coefficient (Wildman–Crippen LogP) is 3.93. The van der Waals surface area contributed by atoms with Gasteiger partial charge in [0.2, 0.25) is 0 Å². The van der Waals surface area contributed by atoms with Gasteiger partial charge in [-0.15, -0.1) is 0 Å². The number of aliphatic hydroxyl groups excluding tert-OH is 1. The third-order valence-corrected chi connectivity index (χ3v) is 3.92. The largest absolute Gasteiger partial charge is 0.394 e. The number of carbonyl (C=O) groups excluding carboxylic acids is 1. The quantitative estimate of drug-likeness (QED) is 0.862. The number of carbonyl (C=O) groups is 1. The first kappa shape index (κ1) is 18.4. The molecule has 1 aromatic carbocycles. The molecule has 4 nitrogen and oxygen atoms in total. The number of nitrogens with zero attached hydrogens (tertiary/aromatic N) is 1. The summed E-state index contributed by atoms with van der Waals surface area (Å²) >= 11 is 6.19. The lowest BCUT2D eigenvalue weighted by molar-refractivity contribution is 0.0898. The van der Waals surface area contributed by atoms with E-state index in [1.54, 1.807) is 18.3 Å². The third-order valence-electron chi connectivity index (χ3n) is 3.59. The van der Waals surface area contributed by atoms with E-state index >= 15 is 0 Å². The highest BCUT2D eigenvalue weighted by atomic mass is 35.5. The third kappa shape index (κ3) is 5.05. The Labute approximate surface area is 147 Å². The van der Waals surface area contributed by atoms with Crippen molar-refractivity contribution < 1.29 is 9.90 Å². The van der Waals surface area contributed by atoms with Gasteiger partial charge in [-0.1, -0.05) is 44.5 Å². The topological polar surface area (TPSA) is 62.2 Å². The first-order valence-corrected chi connectivity index (χ1v) is 8.30. The van der Waals surface area contributed by atoms with Crippen LogP contribution in [0.15, 0.2) is 42.6 Å². The first-order chi connectivity index (χ1) is 11.3. The molecule has 0 spiro atoms. The van der Waals surface area contributed by atoms with E-state index in [2.05, 4.69) is 31.1 Å². The molecule has 1 unspecified atom stereocenters. The average molecular weight is 347 g/mol. The predicted molar refractivity (Wildman–Crippen MR) is 97.1 cm³/mol. The van der Waals surface area contributed by atoms with Gasteiger partial charge >= 0.3 is 0 Å². The molecule has 1 amide bonds. The van der Waals surface area contributed by atoms with Crippen LogP contribution < -0.4 is 5.32 Å². The normalized spacial score (nSPS) is 12.7. The fraction of sp³-hybridized carbons (Fsp3) is 0.368. The summed E-state index contributed by atoms with van der Waals surface area (Å²) in [5, 5.41) is 12.8. The van der Waals surface area contributed by atoms with Crippen molar-refractivity contribution in [1.29, 1.82) is 0 Å². The molecule has 5 heteroatoms. The van der Waals surface area contributed by atoms with Gasteiger partial charge in [0.1, 0.15) is 0 Å². The zero-order valence-corrected chi connectivity index (χ0v) is 15.0. The van der Waals surface area contributed by atoms with E-state index in [4.69, 9.17) is 11.6 Å². The molecular formula is C19H23ClN2O2. The zero-order valence-electron chi connectivity index (χ0n) is 14.2. The van der Waals surface area contributed by atoms with E-state index in [9.17, 15) is 9.90 Å². The molecule has 24 heavy (non-hydrogen) atoms. The molecule has 2 rings (SSSR count). The molecule has 0 bridgehead atoms. The summed E-state index contributed by atoms with van der Waals surface area (Å²) < 4.78 is 0. The van der Waals surface area contributed by atoms with Crippen LogP contribution in [0, 0.1) is 5.41 Å². The van der Waals surface area contributed by atoms with Crippen molar-refractivity contribution in [1.82, 2.24) is 10.3 Å². The van der Waals surface area contributed by atoms with Crippen molar-refractivity contribution in [3.05, 3.63) is 53.2 Å². The van der Waals surface area contributed by atoms with Gasteiger partial charge in [0.25, 0.3) is 5.91 Å². The van der Waals surface area contributed by atoms with E-state index in [0.29, 0.717) is 17.0 Å². The molecule has 0 fully saturated rings. The van der Waals surface area contributed by atoms with E-state index in [1.165, 1.54) is 0 Å². The van der Waals surface area contributed by atoms with Crippen LogP contribution in [0.2, 0.25) is 5.02 Å². The van der Waals surface area contributed by atoms with Crippen LogP contribution in [-0.4, -0.2) is 28.6 Å². The van der Waals surface area contributed by atoms with Gasteiger partial charge in [0, 0.05) is 11.8 Å². The molecule has 0 radical (unpaired) electrons. The lowest BCUT2D eigenvalue weighted by Gasteiger charge is -2.25. The summed E-state index contributed by atoms with van der Waals surface area (Å²) in [6.45, 7) is 6.09. The Bertz CT molecular complexity index is 696. The Kier molecular flexibility index (Phi) is 5.97. The minimum Gasteiger partial charge on any atom is -0.394 e. The van der Waals surface area contributed by atoms with E-state index in [-0.39, 0.29) is 24.0 Å². The van der Waals surface area contributed by atoms with Crippen molar-refractivity contribution >= 4 is 17.5 Å². The Hall–Kier alpha value is -1.91. The number of rotatable bonds is 5. The minimum absolute atomic E-state index is 0.000276. The van der Waals surface area contributed by atoms with Crippen LogP contribution in [0.5, 0.6) is 0 Å². The van der Waals surface area contributed by atoms with E-state index in [1.807, 2.05) is 24.3 Å². The molecule has 0 aliphatic rings. The molecular weight excluding hydrogens is 324 g/mol. The van der Waals surface area contributed by atoms with Gasteiger partial charge in [-0.2, -0.15) is 0 Å². The Morgan fingerprint density at radius 3 is 2.62 bits per heavy atom. The Morgan fingerprint density at radius 2 is 2.04 bits per heavy atom.